The smallest absolute Gasteiger partial charge is 0.254 e. The van der Waals surface area contributed by atoms with E-state index in [0.717, 1.165) is 41.8 Å². The molecule has 1 N–H and O–H groups in total. The molecule has 1 aliphatic carbocycles. The Kier molecular flexibility index (Phi) is 5.67. The van der Waals surface area contributed by atoms with Crippen LogP contribution < -0.4 is 5.32 Å². The number of carbonyl (C=O) groups is 2. The predicted molar refractivity (Wildman–Crippen MR) is 109 cm³/mol. The lowest BCUT2D eigenvalue weighted by molar-refractivity contribution is -0.113. The third-order valence-electron chi connectivity index (χ3n) is 5.44. The van der Waals surface area contributed by atoms with Gasteiger partial charge in [-0.2, -0.15) is 0 Å². The van der Waals surface area contributed by atoms with Gasteiger partial charge in [0.2, 0.25) is 5.91 Å². The molecule has 4 rings (SSSR count). The van der Waals surface area contributed by atoms with E-state index in [1.54, 1.807) is 18.2 Å². The number of hydrogen-bond acceptors (Lipinski definition) is 3. The van der Waals surface area contributed by atoms with Gasteiger partial charge in [0, 0.05) is 23.0 Å². The zero-order valence-corrected chi connectivity index (χ0v) is 16.4. The maximum atomic E-state index is 13.3. The van der Waals surface area contributed by atoms with Crippen molar-refractivity contribution in [3.8, 4) is 0 Å². The summed E-state index contributed by atoms with van der Waals surface area (Å²) < 4.78 is 13.2. The van der Waals surface area contributed by atoms with Crippen LogP contribution in [0.4, 0.5) is 10.1 Å². The molecule has 1 fully saturated rings. The number of carbonyl (C=O) groups excluding carboxylic acids is 2. The quantitative estimate of drug-likeness (QED) is 0.807. The molecule has 1 aliphatic heterocycles. The molecule has 28 heavy (non-hydrogen) atoms. The molecule has 2 aliphatic rings. The summed E-state index contributed by atoms with van der Waals surface area (Å²) in [5.41, 5.74) is 2.34. The standard InChI is InChI=1S/C22H23FN2O2S/c23-17-8-5-15(6-9-17)11-12-25(18-3-1-2-4-18)22(27)16-7-10-20-19(13-16)24-21(26)14-28-20/h5-10,13,18H,1-4,11-12,14H2,(H,24,26). The third kappa shape index (κ3) is 4.22. The molecule has 1 saturated carbocycles. The molecule has 0 bridgehead atoms. The Morgan fingerprint density at radius 1 is 1.14 bits per heavy atom. The SMILES string of the molecule is O=C1CSc2ccc(C(=O)N(CCc3ccc(F)cc3)C3CCCC3)cc2N1. The highest BCUT2D eigenvalue weighted by Gasteiger charge is 2.28. The molecule has 4 nitrogen and oxygen atoms in total. The Labute approximate surface area is 168 Å². The zero-order valence-electron chi connectivity index (χ0n) is 15.6. The molecule has 0 spiro atoms. The normalized spacial score (nSPS) is 16.5. The topological polar surface area (TPSA) is 49.4 Å². The fourth-order valence-corrected chi connectivity index (χ4v) is 4.74. The van der Waals surface area contributed by atoms with Crippen LogP contribution in [0, 0.1) is 5.82 Å². The van der Waals surface area contributed by atoms with Crippen LogP contribution in [0.1, 0.15) is 41.6 Å². The number of nitrogens with zero attached hydrogens (tertiary/aromatic N) is 1. The molecule has 2 aromatic rings. The number of fused-ring (bicyclic) bond motifs is 1. The van der Waals surface area contributed by atoms with Crippen LogP contribution in [0.5, 0.6) is 0 Å². The van der Waals surface area contributed by atoms with Crippen LogP contribution in [-0.4, -0.2) is 35.1 Å². The van der Waals surface area contributed by atoms with Gasteiger partial charge in [-0.05, 0) is 55.2 Å². The molecule has 2 amide bonds. The molecule has 146 valence electrons. The largest absolute Gasteiger partial charge is 0.335 e. The summed E-state index contributed by atoms with van der Waals surface area (Å²) >= 11 is 1.49. The third-order valence-corrected chi connectivity index (χ3v) is 6.51. The maximum absolute atomic E-state index is 13.3. The second kappa shape index (κ2) is 8.35. The Morgan fingerprint density at radius 2 is 1.89 bits per heavy atom. The fraction of sp³-hybridized carbons (Fsp3) is 0.364. The number of halogens is 1. The molecule has 2 aromatic carbocycles. The van der Waals surface area contributed by atoms with Gasteiger partial charge in [-0.3, -0.25) is 9.59 Å². The maximum Gasteiger partial charge on any atom is 0.254 e. The lowest BCUT2D eigenvalue weighted by atomic mass is 10.1. The highest BCUT2D eigenvalue weighted by atomic mass is 32.2. The van der Waals surface area contributed by atoms with Crippen LogP contribution in [0.25, 0.3) is 0 Å². The van der Waals surface area contributed by atoms with Crippen molar-refractivity contribution in [1.82, 2.24) is 4.90 Å². The van der Waals surface area contributed by atoms with Gasteiger partial charge in [0.15, 0.2) is 0 Å². The minimum Gasteiger partial charge on any atom is -0.335 e. The van der Waals surface area contributed by atoms with Crippen molar-refractivity contribution in [2.45, 2.75) is 43.0 Å². The van der Waals surface area contributed by atoms with Crippen molar-refractivity contribution in [2.75, 3.05) is 17.6 Å². The Balaban J connectivity index is 1.54. The minimum absolute atomic E-state index is 0.00151. The van der Waals surface area contributed by atoms with Gasteiger partial charge in [-0.15, -0.1) is 11.8 Å². The Bertz CT molecular complexity index is 879. The number of hydrogen-bond donors (Lipinski definition) is 1. The average molecular weight is 399 g/mol. The number of anilines is 1. The molecule has 6 heteroatoms. The van der Waals surface area contributed by atoms with E-state index in [9.17, 15) is 14.0 Å². The van der Waals surface area contributed by atoms with E-state index < -0.39 is 0 Å². The molecule has 1 heterocycles. The van der Waals surface area contributed by atoms with E-state index >= 15 is 0 Å². The first-order chi connectivity index (χ1) is 13.6. The van der Waals surface area contributed by atoms with Crippen LogP contribution in [0.2, 0.25) is 0 Å². The summed E-state index contributed by atoms with van der Waals surface area (Å²) in [5, 5.41) is 2.86. The van der Waals surface area contributed by atoms with Gasteiger partial charge in [0.05, 0.1) is 11.4 Å². The van der Waals surface area contributed by atoms with Gasteiger partial charge in [-0.1, -0.05) is 25.0 Å². The van der Waals surface area contributed by atoms with E-state index in [4.69, 9.17) is 0 Å². The van der Waals surface area contributed by atoms with Crippen LogP contribution in [-0.2, 0) is 11.2 Å². The number of rotatable bonds is 5. The van der Waals surface area contributed by atoms with E-state index in [2.05, 4.69) is 5.32 Å². The van der Waals surface area contributed by atoms with Crippen molar-refractivity contribution >= 4 is 29.3 Å². The number of benzene rings is 2. The van der Waals surface area contributed by atoms with Gasteiger partial charge >= 0.3 is 0 Å². The number of amides is 2. The van der Waals surface area contributed by atoms with Gasteiger partial charge in [0.25, 0.3) is 5.91 Å². The van der Waals surface area contributed by atoms with Crippen LogP contribution >= 0.6 is 11.8 Å². The molecular weight excluding hydrogens is 375 g/mol. The highest BCUT2D eigenvalue weighted by Crippen LogP contribution is 2.33. The van der Waals surface area contributed by atoms with Gasteiger partial charge in [0.1, 0.15) is 5.82 Å². The van der Waals surface area contributed by atoms with E-state index in [1.807, 2.05) is 17.0 Å². The van der Waals surface area contributed by atoms with Crippen molar-refractivity contribution < 1.29 is 14.0 Å². The van der Waals surface area contributed by atoms with Crippen molar-refractivity contribution in [3.63, 3.8) is 0 Å². The lowest BCUT2D eigenvalue weighted by Gasteiger charge is -2.30. The minimum atomic E-state index is -0.249. The number of nitrogens with one attached hydrogen (secondary N) is 1. The van der Waals surface area contributed by atoms with E-state index in [0.29, 0.717) is 24.3 Å². The lowest BCUT2D eigenvalue weighted by Crippen LogP contribution is -2.40. The van der Waals surface area contributed by atoms with Crippen molar-refractivity contribution in [3.05, 3.63) is 59.4 Å². The zero-order chi connectivity index (χ0) is 19.5. The van der Waals surface area contributed by atoms with E-state index in [-0.39, 0.29) is 23.7 Å². The summed E-state index contributed by atoms with van der Waals surface area (Å²) in [7, 11) is 0. The van der Waals surface area contributed by atoms with Gasteiger partial charge < -0.3 is 10.2 Å². The first kappa shape index (κ1) is 19.0. The second-order valence-corrected chi connectivity index (χ2v) is 8.38. The number of thioether (sulfide) groups is 1. The molecule has 0 unspecified atom stereocenters. The monoisotopic (exact) mass is 398 g/mol. The molecule has 0 saturated heterocycles. The van der Waals surface area contributed by atoms with Crippen molar-refractivity contribution in [2.24, 2.45) is 0 Å². The summed E-state index contributed by atoms with van der Waals surface area (Å²) in [6.45, 7) is 0.604. The van der Waals surface area contributed by atoms with Crippen LogP contribution in [0.15, 0.2) is 47.4 Å². The van der Waals surface area contributed by atoms with Crippen LogP contribution in [0.3, 0.4) is 0 Å². The van der Waals surface area contributed by atoms with Gasteiger partial charge in [-0.25, -0.2) is 4.39 Å². The first-order valence-electron chi connectivity index (χ1n) is 9.72. The van der Waals surface area contributed by atoms with E-state index in [1.165, 1.54) is 23.9 Å². The molecular formula is C22H23FN2O2S. The summed E-state index contributed by atoms with van der Waals surface area (Å²) in [4.78, 5) is 28.0. The highest BCUT2D eigenvalue weighted by molar-refractivity contribution is 8.00. The molecule has 0 atom stereocenters. The fourth-order valence-electron chi connectivity index (χ4n) is 3.95. The average Bonchev–Trinajstić information content (AvgIpc) is 3.23. The first-order valence-corrected chi connectivity index (χ1v) is 10.7. The van der Waals surface area contributed by atoms with Crippen molar-refractivity contribution in [1.29, 1.82) is 0 Å². The summed E-state index contributed by atoms with van der Waals surface area (Å²) in [6, 6.07) is 12.3. The summed E-state index contributed by atoms with van der Waals surface area (Å²) in [5.74, 6) is 0.126. The second-order valence-electron chi connectivity index (χ2n) is 7.36. The predicted octanol–water partition coefficient (Wildman–Crippen LogP) is 4.50. The Hall–Kier alpha value is -2.34. The summed E-state index contributed by atoms with van der Waals surface area (Å²) in [6.07, 6.45) is 5.02. The Morgan fingerprint density at radius 3 is 2.64 bits per heavy atom. The molecule has 0 aromatic heterocycles. The molecule has 0 radical (unpaired) electrons.